The number of hydrogen-bond donors (Lipinski definition) is 2. The van der Waals surface area contributed by atoms with Gasteiger partial charge in [-0.15, -0.1) is 11.3 Å². The van der Waals surface area contributed by atoms with E-state index in [4.69, 9.17) is 10.5 Å². The second-order valence-corrected chi connectivity index (χ2v) is 4.27. The van der Waals surface area contributed by atoms with Gasteiger partial charge in [0.1, 0.15) is 11.1 Å². The van der Waals surface area contributed by atoms with Crippen molar-refractivity contribution in [3.05, 3.63) is 15.6 Å². The molecule has 0 aromatic carbocycles. The van der Waals surface area contributed by atoms with Crippen molar-refractivity contribution in [2.75, 3.05) is 7.11 Å². The van der Waals surface area contributed by atoms with Crippen LogP contribution in [0.2, 0.25) is 0 Å². The molecule has 1 aromatic rings. The highest BCUT2D eigenvalue weighted by Crippen LogP contribution is 2.26. The van der Waals surface area contributed by atoms with Crippen LogP contribution < -0.4 is 5.73 Å². The van der Waals surface area contributed by atoms with Gasteiger partial charge in [0, 0.05) is 18.5 Å². The minimum absolute atomic E-state index is 0.244. The van der Waals surface area contributed by atoms with E-state index in [-0.39, 0.29) is 6.10 Å². The molecule has 4 nitrogen and oxygen atoms in total. The molecular formula is C9H16N2O2S. The van der Waals surface area contributed by atoms with Crippen molar-refractivity contribution >= 4 is 11.3 Å². The van der Waals surface area contributed by atoms with Crippen molar-refractivity contribution < 1.29 is 9.84 Å². The Bertz CT molecular complexity index is 301. The lowest BCUT2D eigenvalue weighted by Crippen LogP contribution is -2.16. The van der Waals surface area contributed by atoms with E-state index in [1.165, 1.54) is 11.3 Å². The monoisotopic (exact) mass is 216 g/mol. The van der Waals surface area contributed by atoms with Crippen molar-refractivity contribution in [1.82, 2.24) is 4.98 Å². The zero-order valence-corrected chi connectivity index (χ0v) is 9.47. The predicted molar refractivity (Wildman–Crippen MR) is 56.2 cm³/mol. The minimum Gasteiger partial charge on any atom is -0.383 e. The Kier molecular flexibility index (Phi) is 4.00. The molecule has 3 N–H and O–H groups in total. The number of ether oxygens (including phenoxy) is 1. The molecule has 0 fully saturated rings. The fourth-order valence-corrected chi connectivity index (χ4v) is 2.12. The second kappa shape index (κ2) is 4.84. The molecule has 0 spiro atoms. The van der Waals surface area contributed by atoms with E-state index in [2.05, 4.69) is 4.98 Å². The molecule has 1 aromatic heterocycles. The second-order valence-electron chi connectivity index (χ2n) is 3.15. The SMILES string of the molecule is COC(C)C(O)c1nc(C)c(CN)s1. The number of aliphatic hydroxyl groups is 1. The number of aryl methyl sites for hydroxylation is 1. The fraction of sp³-hybridized carbons (Fsp3) is 0.667. The predicted octanol–water partition coefficient (Wildman–Crippen LogP) is 0.979. The first-order chi connectivity index (χ1) is 6.60. The third kappa shape index (κ3) is 2.30. The Balaban J connectivity index is 2.85. The zero-order chi connectivity index (χ0) is 10.7. The molecule has 0 aliphatic carbocycles. The summed E-state index contributed by atoms with van der Waals surface area (Å²) in [6.07, 6.45) is -0.907. The molecule has 0 aliphatic heterocycles. The third-order valence-electron chi connectivity index (χ3n) is 2.16. The molecule has 2 unspecified atom stereocenters. The lowest BCUT2D eigenvalue weighted by atomic mass is 10.2. The van der Waals surface area contributed by atoms with Crippen molar-refractivity contribution in [1.29, 1.82) is 0 Å². The van der Waals surface area contributed by atoms with Gasteiger partial charge in [-0.05, 0) is 13.8 Å². The van der Waals surface area contributed by atoms with Crippen molar-refractivity contribution in [3.8, 4) is 0 Å². The van der Waals surface area contributed by atoms with Gasteiger partial charge >= 0.3 is 0 Å². The summed E-state index contributed by atoms with van der Waals surface area (Å²) in [5.41, 5.74) is 6.43. The van der Waals surface area contributed by atoms with Crippen LogP contribution in [0.1, 0.15) is 28.6 Å². The summed E-state index contributed by atoms with van der Waals surface area (Å²) in [7, 11) is 1.57. The zero-order valence-electron chi connectivity index (χ0n) is 8.65. The van der Waals surface area contributed by atoms with Gasteiger partial charge in [-0.3, -0.25) is 0 Å². The van der Waals surface area contributed by atoms with Crippen LogP contribution in [0.4, 0.5) is 0 Å². The Hall–Kier alpha value is -0.490. The van der Waals surface area contributed by atoms with Crippen molar-refractivity contribution in [2.24, 2.45) is 5.73 Å². The molecule has 1 heterocycles. The molecule has 5 heteroatoms. The summed E-state index contributed by atoms with van der Waals surface area (Å²) in [5.74, 6) is 0. The highest BCUT2D eigenvalue weighted by atomic mass is 32.1. The molecule has 0 amide bonds. The summed E-state index contributed by atoms with van der Waals surface area (Å²) in [6, 6.07) is 0. The van der Waals surface area contributed by atoms with Crippen LogP contribution in [0.3, 0.4) is 0 Å². The molecule has 14 heavy (non-hydrogen) atoms. The molecule has 0 aliphatic rings. The molecule has 0 saturated carbocycles. The Labute approximate surface area is 87.7 Å². The average molecular weight is 216 g/mol. The van der Waals surface area contributed by atoms with Crippen LogP contribution in [-0.4, -0.2) is 23.3 Å². The van der Waals surface area contributed by atoms with E-state index in [1.54, 1.807) is 7.11 Å². The van der Waals surface area contributed by atoms with Gasteiger partial charge in [-0.2, -0.15) is 0 Å². The largest absolute Gasteiger partial charge is 0.383 e. The molecule has 0 bridgehead atoms. The van der Waals surface area contributed by atoms with Crippen LogP contribution in [0.5, 0.6) is 0 Å². The number of rotatable bonds is 4. The number of aliphatic hydroxyl groups excluding tert-OH is 1. The maximum absolute atomic E-state index is 9.80. The van der Waals surface area contributed by atoms with Crippen molar-refractivity contribution in [2.45, 2.75) is 32.6 Å². The highest BCUT2D eigenvalue weighted by Gasteiger charge is 2.20. The third-order valence-corrected chi connectivity index (χ3v) is 3.41. The summed E-state index contributed by atoms with van der Waals surface area (Å²) >= 11 is 1.45. The normalized spacial score (nSPS) is 15.5. The maximum atomic E-state index is 9.80. The van der Waals surface area contributed by atoms with E-state index in [9.17, 15) is 5.11 Å². The number of aromatic nitrogens is 1. The summed E-state index contributed by atoms with van der Waals surface area (Å²) in [6.45, 7) is 4.17. The molecule has 80 valence electrons. The molecule has 0 saturated heterocycles. The Morgan fingerprint density at radius 3 is 2.71 bits per heavy atom. The number of hydrogen-bond acceptors (Lipinski definition) is 5. The number of nitrogens with zero attached hydrogens (tertiary/aromatic N) is 1. The van der Waals surface area contributed by atoms with Crippen LogP contribution in [0.15, 0.2) is 0 Å². The van der Waals surface area contributed by atoms with E-state index in [0.29, 0.717) is 11.6 Å². The first-order valence-corrected chi connectivity index (χ1v) is 5.29. The lowest BCUT2D eigenvalue weighted by molar-refractivity contribution is -0.00156. The van der Waals surface area contributed by atoms with Gasteiger partial charge in [0.25, 0.3) is 0 Å². The van der Waals surface area contributed by atoms with Gasteiger partial charge in [-0.1, -0.05) is 0 Å². The maximum Gasteiger partial charge on any atom is 0.131 e. The standard InChI is InChI=1S/C9H16N2O2S/c1-5-7(4-10)14-9(11-5)8(12)6(2)13-3/h6,8,12H,4,10H2,1-3H3. The number of thiazole rings is 1. The topological polar surface area (TPSA) is 68.4 Å². The number of nitrogens with two attached hydrogens (primary N) is 1. The van der Waals surface area contributed by atoms with E-state index < -0.39 is 6.10 Å². The quantitative estimate of drug-likeness (QED) is 0.787. The van der Waals surface area contributed by atoms with E-state index in [0.717, 1.165) is 10.6 Å². The van der Waals surface area contributed by atoms with E-state index >= 15 is 0 Å². The van der Waals surface area contributed by atoms with Crippen LogP contribution >= 0.6 is 11.3 Å². The fourth-order valence-electron chi connectivity index (χ4n) is 1.10. The Morgan fingerprint density at radius 1 is 1.64 bits per heavy atom. The van der Waals surface area contributed by atoms with Crippen molar-refractivity contribution in [3.63, 3.8) is 0 Å². The van der Waals surface area contributed by atoms with E-state index in [1.807, 2.05) is 13.8 Å². The molecule has 1 rings (SSSR count). The minimum atomic E-state index is -0.663. The van der Waals surface area contributed by atoms with Gasteiger partial charge < -0.3 is 15.6 Å². The number of methoxy groups -OCH3 is 1. The molecule has 0 radical (unpaired) electrons. The van der Waals surface area contributed by atoms with Gasteiger partial charge in [-0.25, -0.2) is 4.98 Å². The van der Waals surface area contributed by atoms with Crippen LogP contribution in [-0.2, 0) is 11.3 Å². The summed E-state index contributed by atoms with van der Waals surface area (Å²) in [4.78, 5) is 5.28. The molecule has 2 atom stereocenters. The summed E-state index contributed by atoms with van der Waals surface area (Å²) < 4.78 is 5.03. The lowest BCUT2D eigenvalue weighted by Gasteiger charge is -2.14. The first-order valence-electron chi connectivity index (χ1n) is 4.47. The van der Waals surface area contributed by atoms with Crippen LogP contribution in [0.25, 0.3) is 0 Å². The highest BCUT2D eigenvalue weighted by molar-refractivity contribution is 7.11. The average Bonchev–Trinajstić information content (AvgIpc) is 2.57. The summed E-state index contributed by atoms with van der Waals surface area (Å²) in [5, 5.41) is 10.5. The van der Waals surface area contributed by atoms with Gasteiger partial charge in [0.15, 0.2) is 0 Å². The van der Waals surface area contributed by atoms with Gasteiger partial charge in [0.05, 0.1) is 11.8 Å². The van der Waals surface area contributed by atoms with Gasteiger partial charge in [0.2, 0.25) is 0 Å². The Morgan fingerprint density at radius 2 is 2.29 bits per heavy atom. The molecular weight excluding hydrogens is 200 g/mol. The first kappa shape index (κ1) is 11.6. The smallest absolute Gasteiger partial charge is 0.131 e. The van der Waals surface area contributed by atoms with Crippen LogP contribution in [0, 0.1) is 6.92 Å².